The van der Waals surface area contributed by atoms with Crippen molar-refractivity contribution in [3.05, 3.63) is 47.8 Å². The summed E-state index contributed by atoms with van der Waals surface area (Å²) in [6.07, 6.45) is 0. The summed E-state index contributed by atoms with van der Waals surface area (Å²) in [7, 11) is 0. The summed E-state index contributed by atoms with van der Waals surface area (Å²) in [5, 5.41) is 4.78. The molecule has 0 spiro atoms. The lowest BCUT2D eigenvalue weighted by molar-refractivity contribution is 0.325. The number of aryl methyl sites for hydroxylation is 1. The molecular formula is C16H15FN2O2. The highest BCUT2D eigenvalue weighted by Gasteiger charge is 2.17. The molecule has 21 heavy (non-hydrogen) atoms. The van der Waals surface area contributed by atoms with Crippen LogP contribution in [0, 0.1) is 12.7 Å². The van der Waals surface area contributed by atoms with Crippen LogP contribution >= 0.6 is 0 Å². The molecule has 0 atom stereocenters. The monoisotopic (exact) mass is 286 g/mol. The van der Waals surface area contributed by atoms with Gasteiger partial charge in [0, 0.05) is 17.7 Å². The summed E-state index contributed by atoms with van der Waals surface area (Å²) < 4.78 is 24.8. The zero-order chi connectivity index (χ0) is 14.8. The van der Waals surface area contributed by atoms with Gasteiger partial charge in [-0.15, -0.1) is 0 Å². The molecule has 108 valence electrons. The second kappa shape index (κ2) is 5.54. The summed E-state index contributed by atoms with van der Waals surface area (Å²) >= 11 is 0. The molecule has 0 saturated heterocycles. The molecule has 5 heteroatoms. The van der Waals surface area contributed by atoms with Crippen molar-refractivity contribution in [1.82, 2.24) is 5.16 Å². The molecule has 1 heterocycles. The zero-order valence-electron chi connectivity index (χ0n) is 11.6. The maximum atomic E-state index is 13.9. The fraction of sp³-hybridized carbons (Fsp3) is 0.188. The Morgan fingerprint density at radius 2 is 2.05 bits per heavy atom. The van der Waals surface area contributed by atoms with Crippen molar-refractivity contribution in [2.45, 2.75) is 6.92 Å². The highest BCUT2D eigenvalue weighted by atomic mass is 19.1. The van der Waals surface area contributed by atoms with Crippen LogP contribution in [0.5, 0.6) is 5.75 Å². The molecule has 0 radical (unpaired) electrons. The third-order valence-electron chi connectivity index (χ3n) is 3.34. The average molecular weight is 286 g/mol. The lowest BCUT2D eigenvalue weighted by Gasteiger charge is -2.07. The van der Waals surface area contributed by atoms with E-state index in [-0.39, 0.29) is 5.82 Å². The van der Waals surface area contributed by atoms with Crippen LogP contribution in [0.1, 0.15) is 5.56 Å². The number of nitrogens with zero attached hydrogens (tertiary/aromatic N) is 1. The summed E-state index contributed by atoms with van der Waals surface area (Å²) in [4.78, 5) is 0. The molecule has 2 N–H and O–H groups in total. The minimum Gasteiger partial charge on any atom is -0.492 e. The quantitative estimate of drug-likeness (QED) is 0.799. The van der Waals surface area contributed by atoms with E-state index in [0.717, 1.165) is 10.9 Å². The van der Waals surface area contributed by atoms with E-state index in [1.165, 1.54) is 6.07 Å². The topological polar surface area (TPSA) is 61.3 Å². The second-order valence-corrected chi connectivity index (χ2v) is 4.71. The minimum absolute atomic E-state index is 0.325. The van der Waals surface area contributed by atoms with Crippen molar-refractivity contribution in [2.75, 3.05) is 13.2 Å². The third kappa shape index (κ3) is 2.36. The van der Waals surface area contributed by atoms with Gasteiger partial charge >= 0.3 is 0 Å². The van der Waals surface area contributed by atoms with Crippen LogP contribution in [-0.4, -0.2) is 18.3 Å². The first-order valence-corrected chi connectivity index (χ1v) is 6.69. The predicted octanol–water partition coefficient (Wildman–Crippen LogP) is 3.28. The van der Waals surface area contributed by atoms with E-state index in [0.29, 0.717) is 35.7 Å². The SMILES string of the molecule is Cc1c(OCCN)ccc2c(-c3ccccc3F)noc12. The van der Waals surface area contributed by atoms with Gasteiger partial charge in [0.2, 0.25) is 0 Å². The van der Waals surface area contributed by atoms with E-state index < -0.39 is 0 Å². The van der Waals surface area contributed by atoms with Crippen molar-refractivity contribution in [3.8, 4) is 17.0 Å². The zero-order valence-corrected chi connectivity index (χ0v) is 11.6. The van der Waals surface area contributed by atoms with Crippen LogP contribution in [0.2, 0.25) is 0 Å². The second-order valence-electron chi connectivity index (χ2n) is 4.71. The maximum Gasteiger partial charge on any atom is 0.174 e. The van der Waals surface area contributed by atoms with Gasteiger partial charge in [-0.05, 0) is 31.2 Å². The number of benzene rings is 2. The number of halogens is 1. The first-order valence-electron chi connectivity index (χ1n) is 6.69. The number of nitrogens with two attached hydrogens (primary N) is 1. The Labute approximate surface area is 121 Å². The number of aromatic nitrogens is 1. The molecule has 0 saturated carbocycles. The van der Waals surface area contributed by atoms with Crippen LogP contribution in [0.3, 0.4) is 0 Å². The Balaban J connectivity index is 2.12. The molecule has 0 fully saturated rings. The normalized spacial score (nSPS) is 11.0. The van der Waals surface area contributed by atoms with Crippen LogP contribution in [0.4, 0.5) is 4.39 Å². The number of ether oxygens (including phenoxy) is 1. The van der Waals surface area contributed by atoms with E-state index >= 15 is 0 Å². The third-order valence-corrected chi connectivity index (χ3v) is 3.34. The largest absolute Gasteiger partial charge is 0.492 e. The van der Waals surface area contributed by atoms with Gasteiger partial charge in [0.25, 0.3) is 0 Å². The van der Waals surface area contributed by atoms with Gasteiger partial charge in [0.1, 0.15) is 23.9 Å². The maximum absolute atomic E-state index is 13.9. The Kier molecular flexibility index (Phi) is 3.58. The summed E-state index contributed by atoms with van der Waals surface area (Å²) in [5.74, 6) is 0.373. The van der Waals surface area contributed by atoms with E-state index in [1.807, 2.05) is 19.1 Å². The molecule has 0 aliphatic rings. The lowest BCUT2D eigenvalue weighted by Crippen LogP contribution is -2.11. The van der Waals surface area contributed by atoms with Crippen LogP contribution in [-0.2, 0) is 0 Å². The molecular weight excluding hydrogens is 271 g/mol. The molecule has 0 amide bonds. The molecule has 1 aromatic heterocycles. The van der Waals surface area contributed by atoms with Crippen molar-refractivity contribution in [2.24, 2.45) is 5.73 Å². The highest BCUT2D eigenvalue weighted by molar-refractivity contribution is 5.94. The van der Waals surface area contributed by atoms with Crippen LogP contribution in [0.25, 0.3) is 22.2 Å². The van der Waals surface area contributed by atoms with Gasteiger partial charge < -0.3 is 15.0 Å². The summed E-state index contributed by atoms with van der Waals surface area (Å²) in [6, 6.07) is 10.2. The number of hydrogen-bond donors (Lipinski definition) is 1. The molecule has 0 aliphatic carbocycles. The van der Waals surface area contributed by atoms with Crippen molar-refractivity contribution in [3.63, 3.8) is 0 Å². The Bertz CT molecular complexity index is 783. The Morgan fingerprint density at radius 1 is 1.24 bits per heavy atom. The highest BCUT2D eigenvalue weighted by Crippen LogP contribution is 2.34. The molecule has 0 unspecified atom stereocenters. The fourth-order valence-corrected chi connectivity index (χ4v) is 2.29. The van der Waals surface area contributed by atoms with Gasteiger partial charge in [-0.2, -0.15) is 0 Å². The first kappa shape index (κ1) is 13.6. The fourth-order valence-electron chi connectivity index (χ4n) is 2.29. The average Bonchev–Trinajstić information content (AvgIpc) is 2.92. The van der Waals surface area contributed by atoms with Crippen molar-refractivity contribution >= 4 is 11.0 Å². The molecule has 4 nitrogen and oxygen atoms in total. The van der Waals surface area contributed by atoms with E-state index in [2.05, 4.69) is 5.16 Å². The number of rotatable bonds is 4. The van der Waals surface area contributed by atoms with Crippen LogP contribution < -0.4 is 10.5 Å². The number of fused-ring (bicyclic) bond motifs is 1. The Morgan fingerprint density at radius 3 is 2.81 bits per heavy atom. The molecule has 3 rings (SSSR count). The van der Waals surface area contributed by atoms with Crippen molar-refractivity contribution in [1.29, 1.82) is 0 Å². The van der Waals surface area contributed by atoms with Gasteiger partial charge in [0.05, 0.1) is 5.39 Å². The molecule has 3 aromatic rings. The molecule has 0 aliphatic heterocycles. The van der Waals surface area contributed by atoms with Gasteiger partial charge in [0.15, 0.2) is 5.58 Å². The predicted molar refractivity (Wildman–Crippen MR) is 78.7 cm³/mol. The van der Waals surface area contributed by atoms with E-state index in [9.17, 15) is 4.39 Å². The lowest BCUT2D eigenvalue weighted by atomic mass is 10.1. The van der Waals surface area contributed by atoms with Gasteiger partial charge in [-0.1, -0.05) is 17.3 Å². The molecule has 2 aromatic carbocycles. The summed E-state index contributed by atoms with van der Waals surface area (Å²) in [6.45, 7) is 2.75. The van der Waals surface area contributed by atoms with E-state index in [4.69, 9.17) is 15.0 Å². The van der Waals surface area contributed by atoms with E-state index in [1.54, 1.807) is 18.2 Å². The Hall–Kier alpha value is -2.40. The number of hydrogen-bond acceptors (Lipinski definition) is 4. The molecule has 0 bridgehead atoms. The summed E-state index contributed by atoms with van der Waals surface area (Å²) in [5.41, 5.74) is 7.78. The van der Waals surface area contributed by atoms with Crippen LogP contribution in [0.15, 0.2) is 40.9 Å². The van der Waals surface area contributed by atoms with Gasteiger partial charge in [-0.3, -0.25) is 0 Å². The minimum atomic E-state index is -0.325. The smallest absolute Gasteiger partial charge is 0.174 e. The standard InChI is InChI=1S/C16H15FN2O2/c1-10-14(20-9-8-18)7-6-12-15(19-21-16(10)12)11-4-2-3-5-13(11)17/h2-7H,8-9,18H2,1H3. The van der Waals surface area contributed by atoms with Gasteiger partial charge in [-0.25, -0.2) is 4.39 Å². The first-order chi connectivity index (χ1) is 10.2. The van der Waals surface area contributed by atoms with Crippen molar-refractivity contribution < 1.29 is 13.7 Å².